The summed E-state index contributed by atoms with van der Waals surface area (Å²) in [5.41, 5.74) is -0.494. The molecule has 116 valence electrons. The summed E-state index contributed by atoms with van der Waals surface area (Å²) in [6.45, 7) is 5.77. The van der Waals surface area contributed by atoms with Crippen molar-refractivity contribution in [1.82, 2.24) is 10.6 Å². The van der Waals surface area contributed by atoms with Gasteiger partial charge in [0, 0.05) is 31.8 Å². The number of carboxylic acids is 1. The molecule has 3 N–H and O–H groups in total. The van der Waals surface area contributed by atoms with E-state index in [1.807, 2.05) is 13.8 Å². The summed E-state index contributed by atoms with van der Waals surface area (Å²) >= 11 is 0. The predicted octanol–water partition coefficient (Wildman–Crippen LogP) is 1.44. The van der Waals surface area contributed by atoms with Crippen molar-refractivity contribution in [2.75, 3.05) is 6.54 Å². The van der Waals surface area contributed by atoms with Crippen molar-refractivity contribution in [2.45, 2.75) is 64.8 Å². The highest BCUT2D eigenvalue weighted by molar-refractivity contribution is 5.76. The van der Waals surface area contributed by atoms with Crippen LogP contribution in [0.25, 0.3) is 0 Å². The Morgan fingerprint density at radius 2 is 1.70 bits per heavy atom. The molecule has 0 fully saturated rings. The lowest BCUT2D eigenvalue weighted by molar-refractivity contribution is -0.137. The minimum Gasteiger partial charge on any atom is -0.481 e. The maximum atomic E-state index is 11.7. The van der Waals surface area contributed by atoms with E-state index < -0.39 is 11.5 Å². The zero-order valence-electron chi connectivity index (χ0n) is 12.6. The van der Waals surface area contributed by atoms with E-state index in [0.717, 1.165) is 19.3 Å². The second kappa shape index (κ2) is 9.34. The molecule has 0 aliphatic heterocycles. The molecule has 0 radical (unpaired) electrons. The van der Waals surface area contributed by atoms with Gasteiger partial charge >= 0.3 is 5.97 Å². The molecule has 0 saturated heterocycles. The van der Waals surface area contributed by atoms with Gasteiger partial charge in [-0.2, -0.15) is 0 Å². The number of rotatable bonds is 10. The van der Waals surface area contributed by atoms with Gasteiger partial charge in [0.05, 0.1) is 0 Å². The highest BCUT2D eigenvalue weighted by atomic mass is 16.4. The van der Waals surface area contributed by atoms with Gasteiger partial charge in [-0.05, 0) is 33.1 Å². The monoisotopic (exact) mass is 286 g/mol. The second-order valence-corrected chi connectivity index (χ2v) is 5.62. The molecule has 20 heavy (non-hydrogen) atoms. The fraction of sp³-hybridized carbons (Fsp3) is 0.786. The molecule has 0 aromatic rings. The van der Waals surface area contributed by atoms with Crippen LogP contribution < -0.4 is 10.6 Å². The number of hydrogen-bond donors (Lipinski definition) is 3. The highest BCUT2D eigenvalue weighted by Crippen LogP contribution is 2.12. The number of aliphatic carboxylic acids is 1. The van der Waals surface area contributed by atoms with Crippen LogP contribution in [0.1, 0.15) is 59.3 Å². The van der Waals surface area contributed by atoms with Crippen molar-refractivity contribution in [2.24, 2.45) is 0 Å². The van der Waals surface area contributed by atoms with E-state index in [-0.39, 0.29) is 18.2 Å². The largest absolute Gasteiger partial charge is 0.481 e. The number of nitrogens with one attached hydrogen (secondary N) is 2. The van der Waals surface area contributed by atoms with Crippen LogP contribution in [0.5, 0.6) is 0 Å². The average Bonchev–Trinajstić information content (AvgIpc) is 2.30. The minimum absolute atomic E-state index is 0.0390. The van der Waals surface area contributed by atoms with Crippen LogP contribution in [0.15, 0.2) is 0 Å². The lowest BCUT2D eigenvalue weighted by Crippen LogP contribution is -2.43. The van der Waals surface area contributed by atoms with E-state index in [1.54, 1.807) is 0 Å². The summed E-state index contributed by atoms with van der Waals surface area (Å²) in [5, 5.41) is 14.2. The summed E-state index contributed by atoms with van der Waals surface area (Å²) in [5.74, 6) is -0.951. The SMILES string of the molecule is CC(=O)NCCCCCC(=O)NC(C)(C)CCC(=O)O. The van der Waals surface area contributed by atoms with Gasteiger partial charge in [0.2, 0.25) is 11.8 Å². The Balaban J connectivity index is 3.71. The number of carbonyl (C=O) groups excluding carboxylic acids is 2. The summed E-state index contributed by atoms with van der Waals surface area (Å²) < 4.78 is 0. The van der Waals surface area contributed by atoms with Gasteiger partial charge in [-0.25, -0.2) is 0 Å². The second-order valence-electron chi connectivity index (χ2n) is 5.62. The van der Waals surface area contributed by atoms with Crippen molar-refractivity contribution in [3.05, 3.63) is 0 Å². The lowest BCUT2D eigenvalue weighted by atomic mass is 9.98. The first-order chi connectivity index (χ1) is 9.23. The summed E-state index contributed by atoms with van der Waals surface area (Å²) in [6.07, 6.45) is 3.39. The zero-order valence-corrected chi connectivity index (χ0v) is 12.6. The Kier molecular flexibility index (Phi) is 8.59. The number of carboxylic acid groups (broad SMARTS) is 1. The predicted molar refractivity (Wildman–Crippen MR) is 76.2 cm³/mol. The standard InChI is InChI=1S/C14H26N2O4/c1-11(17)15-10-6-4-5-7-12(18)16-14(2,3)9-8-13(19)20/h4-10H2,1-3H3,(H,15,17)(H,16,18)(H,19,20). The van der Waals surface area contributed by atoms with Crippen molar-refractivity contribution >= 4 is 17.8 Å². The molecule has 0 saturated carbocycles. The van der Waals surface area contributed by atoms with Gasteiger partial charge in [-0.3, -0.25) is 14.4 Å². The van der Waals surface area contributed by atoms with Crippen LogP contribution in [0.2, 0.25) is 0 Å². The maximum absolute atomic E-state index is 11.7. The van der Waals surface area contributed by atoms with Gasteiger partial charge in [0.15, 0.2) is 0 Å². The number of carbonyl (C=O) groups is 3. The molecule has 0 atom stereocenters. The fourth-order valence-electron chi connectivity index (χ4n) is 1.77. The molecule has 0 aliphatic carbocycles. The molecule has 0 aromatic heterocycles. The lowest BCUT2D eigenvalue weighted by Gasteiger charge is -2.25. The first-order valence-corrected chi connectivity index (χ1v) is 7.00. The van der Waals surface area contributed by atoms with Crippen LogP contribution >= 0.6 is 0 Å². The number of unbranched alkanes of at least 4 members (excludes halogenated alkanes) is 2. The van der Waals surface area contributed by atoms with Crippen molar-refractivity contribution in [1.29, 1.82) is 0 Å². The van der Waals surface area contributed by atoms with Crippen LogP contribution in [-0.2, 0) is 14.4 Å². The summed E-state index contributed by atoms with van der Waals surface area (Å²) in [4.78, 5) is 32.9. The third-order valence-corrected chi connectivity index (χ3v) is 2.90. The third-order valence-electron chi connectivity index (χ3n) is 2.90. The summed E-state index contributed by atoms with van der Waals surface area (Å²) in [7, 11) is 0. The molecule has 0 spiro atoms. The van der Waals surface area contributed by atoms with E-state index in [0.29, 0.717) is 19.4 Å². The maximum Gasteiger partial charge on any atom is 0.303 e. The van der Waals surface area contributed by atoms with Gasteiger partial charge in [0.1, 0.15) is 0 Å². The van der Waals surface area contributed by atoms with Crippen molar-refractivity contribution in [3.63, 3.8) is 0 Å². The fourth-order valence-corrected chi connectivity index (χ4v) is 1.77. The van der Waals surface area contributed by atoms with Gasteiger partial charge in [-0.15, -0.1) is 0 Å². The zero-order chi connectivity index (χ0) is 15.6. The molecule has 0 unspecified atom stereocenters. The van der Waals surface area contributed by atoms with E-state index in [9.17, 15) is 14.4 Å². The normalized spacial score (nSPS) is 10.9. The van der Waals surface area contributed by atoms with Crippen LogP contribution in [0.4, 0.5) is 0 Å². The number of amides is 2. The quantitative estimate of drug-likeness (QED) is 0.530. The molecule has 0 bridgehead atoms. The Labute approximate surface area is 120 Å². The highest BCUT2D eigenvalue weighted by Gasteiger charge is 2.20. The molecular weight excluding hydrogens is 260 g/mol. The Hall–Kier alpha value is -1.59. The Morgan fingerprint density at radius 3 is 2.25 bits per heavy atom. The average molecular weight is 286 g/mol. The summed E-state index contributed by atoms with van der Waals surface area (Å²) in [6, 6.07) is 0. The minimum atomic E-state index is -0.856. The number of hydrogen-bond acceptors (Lipinski definition) is 3. The van der Waals surface area contributed by atoms with Crippen molar-refractivity contribution < 1.29 is 19.5 Å². The van der Waals surface area contributed by atoms with E-state index in [2.05, 4.69) is 10.6 Å². The van der Waals surface area contributed by atoms with Crippen LogP contribution in [0.3, 0.4) is 0 Å². The first kappa shape index (κ1) is 18.4. The molecule has 6 nitrogen and oxygen atoms in total. The Morgan fingerprint density at radius 1 is 1.05 bits per heavy atom. The van der Waals surface area contributed by atoms with E-state index in [4.69, 9.17) is 5.11 Å². The first-order valence-electron chi connectivity index (χ1n) is 7.00. The molecule has 2 amide bonds. The van der Waals surface area contributed by atoms with Gasteiger partial charge < -0.3 is 15.7 Å². The molecule has 0 heterocycles. The third kappa shape index (κ3) is 11.5. The molecule has 0 rings (SSSR count). The molecule has 6 heteroatoms. The smallest absolute Gasteiger partial charge is 0.303 e. The topological polar surface area (TPSA) is 95.5 Å². The van der Waals surface area contributed by atoms with Crippen molar-refractivity contribution in [3.8, 4) is 0 Å². The van der Waals surface area contributed by atoms with E-state index >= 15 is 0 Å². The molecule has 0 aromatic carbocycles. The van der Waals surface area contributed by atoms with Crippen LogP contribution in [-0.4, -0.2) is 35.0 Å². The van der Waals surface area contributed by atoms with Crippen LogP contribution in [0, 0.1) is 0 Å². The van der Waals surface area contributed by atoms with Gasteiger partial charge in [0.25, 0.3) is 0 Å². The molecular formula is C14H26N2O4. The Bertz CT molecular complexity index is 340. The van der Waals surface area contributed by atoms with E-state index in [1.165, 1.54) is 6.92 Å². The molecule has 0 aliphatic rings. The van der Waals surface area contributed by atoms with Gasteiger partial charge in [-0.1, -0.05) is 6.42 Å².